The van der Waals surface area contributed by atoms with Crippen LogP contribution >= 0.6 is 11.8 Å². The van der Waals surface area contributed by atoms with E-state index in [9.17, 15) is 0 Å². The van der Waals surface area contributed by atoms with Gasteiger partial charge in [-0.3, -0.25) is 10.4 Å². The van der Waals surface area contributed by atoms with Gasteiger partial charge in [-0.1, -0.05) is 6.07 Å². The first-order valence-electron chi connectivity index (χ1n) is 10.8. The fraction of sp³-hybridized carbons (Fsp3) is 0.375. The molecule has 8 nitrogen and oxygen atoms in total. The molecular weight excluding hydrogens is 440 g/mol. The fourth-order valence-corrected chi connectivity index (χ4v) is 4.87. The molecule has 9 heteroatoms. The van der Waals surface area contributed by atoms with E-state index >= 15 is 0 Å². The standard InChI is InChI=1S/C24H26N4O4S/c1-24(2)31-21-19(12-29-15-7-6-14-5-4-10-26-18(14)11-15)30-20(22(21)32-24)16-8-9-17(28-16)23(33-3)27-13-25/h4-11,13,19-22,25,28H,12H2,1-3H3/t19-,20+,21-,22+/m1/s1. The molecule has 2 saturated heterocycles. The molecule has 172 valence electrons. The lowest BCUT2D eigenvalue weighted by molar-refractivity contribution is -0.190. The van der Waals surface area contributed by atoms with Crippen LogP contribution in [0.25, 0.3) is 10.9 Å². The van der Waals surface area contributed by atoms with Crippen LogP contribution in [-0.4, -0.2) is 58.3 Å². The maximum absolute atomic E-state index is 7.27. The van der Waals surface area contributed by atoms with Crippen molar-refractivity contribution in [1.82, 2.24) is 9.97 Å². The van der Waals surface area contributed by atoms with Gasteiger partial charge in [0.05, 0.1) is 11.2 Å². The third kappa shape index (κ3) is 4.41. The van der Waals surface area contributed by atoms with Gasteiger partial charge < -0.3 is 23.9 Å². The molecule has 0 aliphatic carbocycles. The van der Waals surface area contributed by atoms with E-state index in [2.05, 4.69) is 15.0 Å². The van der Waals surface area contributed by atoms with Gasteiger partial charge in [-0.05, 0) is 50.4 Å². The number of aromatic nitrogens is 2. The Hall–Kier alpha value is -2.72. The first-order chi connectivity index (χ1) is 16.0. The minimum atomic E-state index is -0.704. The van der Waals surface area contributed by atoms with Gasteiger partial charge in [-0.25, -0.2) is 4.99 Å². The summed E-state index contributed by atoms with van der Waals surface area (Å²) in [5.41, 5.74) is 2.60. The third-order valence-electron chi connectivity index (χ3n) is 5.76. The Morgan fingerprint density at radius 3 is 2.91 bits per heavy atom. The molecule has 0 spiro atoms. The van der Waals surface area contributed by atoms with Crippen LogP contribution in [0.5, 0.6) is 5.75 Å². The highest BCUT2D eigenvalue weighted by molar-refractivity contribution is 8.13. The SMILES string of the molecule is CSC(=NC=N)c1ccc([C@@H]2O[C@H](COc3ccc4cccnc4c3)[C@H]3OC(C)(C)O[C@H]32)[nH]1. The van der Waals surface area contributed by atoms with Gasteiger partial charge in [0, 0.05) is 23.3 Å². The van der Waals surface area contributed by atoms with Crippen LogP contribution in [0, 0.1) is 5.41 Å². The summed E-state index contributed by atoms with van der Waals surface area (Å²) in [4.78, 5) is 11.9. The van der Waals surface area contributed by atoms with Gasteiger partial charge in [0.15, 0.2) is 5.79 Å². The molecule has 2 fully saturated rings. The number of hydrogen-bond donors (Lipinski definition) is 2. The van der Waals surface area contributed by atoms with E-state index in [-0.39, 0.29) is 24.4 Å². The molecule has 0 unspecified atom stereocenters. The van der Waals surface area contributed by atoms with Crippen LogP contribution in [0.4, 0.5) is 0 Å². The predicted molar refractivity (Wildman–Crippen MR) is 128 cm³/mol. The Labute approximate surface area is 196 Å². The number of pyridine rings is 1. The van der Waals surface area contributed by atoms with Crippen LogP contribution in [-0.2, 0) is 14.2 Å². The highest BCUT2D eigenvalue weighted by Gasteiger charge is 2.56. The number of ether oxygens (including phenoxy) is 4. The average molecular weight is 467 g/mol. The second-order valence-electron chi connectivity index (χ2n) is 8.42. The summed E-state index contributed by atoms with van der Waals surface area (Å²) in [7, 11) is 0. The number of aromatic amines is 1. The van der Waals surface area contributed by atoms with Gasteiger partial charge in [0.25, 0.3) is 0 Å². The molecule has 0 radical (unpaired) electrons. The Kier molecular flexibility index (Phi) is 5.96. The molecule has 2 aliphatic heterocycles. The number of nitrogens with one attached hydrogen (secondary N) is 2. The summed E-state index contributed by atoms with van der Waals surface area (Å²) in [6, 6.07) is 13.7. The van der Waals surface area contributed by atoms with E-state index in [4.69, 9.17) is 24.4 Å². The van der Waals surface area contributed by atoms with E-state index in [1.807, 2.05) is 62.6 Å². The van der Waals surface area contributed by atoms with E-state index in [1.54, 1.807) is 6.20 Å². The van der Waals surface area contributed by atoms with Crippen molar-refractivity contribution < 1.29 is 18.9 Å². The lowest BCUT2D eigenvalue weighted by Crippen LogP contribution is -2.33. The molecule has 2 N–H and O–H groups in total. The summed E-state index contributed by atoms with van der Waals surface area (Å²) in [6.07, 6.45) is 3.58. The minimum absolute atomic E-state index is 0.259. The molecule has 4 heterocycles. The van der Waals surface area contributed by atoms with Gasteiger partial charge in [-0.15, -0.1) is 11.8 Å². The maximum Gasteiger partial charge on any atom is 0.164 e. The topological polar surface area (TPSA) is 102 Å². The number of benzene rings is 1. The number of rotatable bonds is 6. The maximum atomic E-state index is 7.27. The minimum Gasteiger partial charge on any atom is -0.491 e. The van der Waals surface area contributed by atoms with E-state index in [1.165, 1.54) is 11.8 Å². The normalized spacial score (nSPS) is 26.5. The summed E-state index contributed by atoms with van der Waals surface area (Å²) < 4.78 is 24.9. The quantitative estimate of drug-likeness (QED) is 0.414. The second-order valence-corrected chi connectivity index (χ2v) is 9.22. The Morgan fingerprint density at radius 1 is 1.24 bits per heavy atom. The van der Waals surface area contributed by atoms with Crippen molar-refractivity contribution in [2.24, 2.45) is 4.99 Å². The van der Waals surface area contributed by atoms with Crippen LogP contribution in [0.15, 0.2) is 53.7 Å². The first kappa shape index (κ1) is 22.1. The molecule has 3 aromatic rings. The van der Waals surface area contributed by atoms with Crippen molar-refractivity contribution in [3.05, 3.63) is 60.0 Å². The molecule has 33 heavy (non-hydrogen) atoms. The number of aliphatic imine (C=N–C) groups is 1. The molecule has 2 aliphatic rings. The molecule has 0 saturated carbocycles. The fourth-order valence-electron chi connectivity index (χ4n) is 4.37. The zero-order chi connectivity index (χ0) is 23.0. The Morgan fingerprint density at radius 2 is 2.09 bits per heavy atom. The van der Waals surface area contributed by atoms with Crippen molar-refractivity contribution in [2.75, 3.05) is 12.9 Å². The van der Waals surface area contributed by atoms with Crippen LogP contribution in [0.3, 0.4) is 0 Å². The van der Waals surface area contributed by atoms with Crippen molar-refractivity contribution in [3.63, 3.8) is 0 Å². The summed E-state index contributed by atoms with van der Waals surface area (Å²) >= 11 is 1.48. The number of thioether (sulfide) groups is 1. The van der Waals surface area contributed by atoms with Gasteiger partial charge in [-0.2, -0.15) is 0 Å². The Bertz CT molecular complexity index is 1190. The lowest BCUT2D eigenvalue weighted by Gasteiger charge is -2.24. The third-order valence-corrected chi connectivity index (χ3v) is 6.47. The van der Waals surface area contributed by atoms with Crippen LogP contribution in [0.1, 0.15) is 31.3 Å². The highest BCUT2D eigenvalue weighted by atomic mass is 32.2. The number of hydrogen-bond acceptors (Lipinski definition) is 7. The monoisotopic (exact) mass is 466 g/mol. The molecule has 5 rings (SSSR count). The lowest BCUT2D eigenvalue weighted by atomic mass is 10.1. The molecule has 2 aromatic heterocycles. The molecule has 4 atom stereocenters. The van der Waals surface area contributed by atoms with Crippen molar-refractivity contribution in [1.29, 1.82) is 5.41 Å². The van der Waals surface area contributed by atoms with E-state index in [0.29, 0.717) is 6.61 Å². The predicted octanol–water partition coefficient (Wildman–Crippen LogP) is 4.32. The van der Waals surface area contributed by atoms with Gasteiger partial charge in [0.2, 0.25) is 0 Å². The number of H-pyrrole nitrogens is 1. The van der Waals surface area contributed by atoms with Gasteiger partial charge >= 0.3 is 0 Å². The molecule has 1 aromatic carbocycles. The van der Waals surface area contributed by atoms with Crippen LogP contribution in [0.2, 0.25) is 0 Å². The van der Waals surface area contributed by atoms with Crippen LogP contribution < -0.4 is 4.74 Å². The molecular formula is C24H26N4O4S. The zero-order valence-electron chi connectivity index (χ0n) is 18.6. The smallest absolute Gasteiger partial charge is 0.164 e. The number of nitrogens with zero attached hydrogens (tertiary/aromatic N) is 2. The van der Waals surface area contributed by atoms with E-state index < -0.39 is 5.79 Å². The first-order valence-corrected chi connectivity index (χ1v) is 12.0. The largest absolute Gasteiger partial charge is 0.491 e. The van der Waals surface area contributed by atoms with Gasteiger partial charge in [0.1, 0.15) is 48.2 Å². The Balaban J connectivity index is 1.35. The summed E-state index contributed by atoms with van der Waals surface area (Å²) in [5.74, 6) is 0.0295. The van der Waals surface area contributed by atoms with Crippen molar-refractivity contribution in [3.8, 4) is 5.75 Å². The van der Waals surface area contributed by atoms with Crippen molar-refractivity contribution >= 4 is 34.0 Å². The average Bonchev–Trinajstić information content (AvgIpc) is 3.49. The second kappa shape index (κ2) is 8.90. The zero-order valence-corrected chi connectivity index (χ0v) is 19.5. The molecule has 0 amide bonds. The van der Waals surface area contributed by atoms with E-state index in [0.717, 1.165) is 39.4 Å². The molecule has 0 bridgehead atoms. The number of fused-ring (bicyclic) bond motifs is 2. The summed E-state index contributed by atoms with van der Waals surface area (Å²) in [6.45, 7) is 4.16. The highest BCUT2D eigenvalue weighted by Crippen LogP contribution is 2.45. The summed E-state index contributed by atoms with van der Waals surface area (Å²) in [5, 5.41) is 9.07. The van der Waals surface area contributed by atoms with Crippen molar-refractivity contribution in [2.45, 2.75) is 44.1 Å².